The Morgan fingerprint density at radius 1 is 1.47 bits per heavy atom. The number of methoxy groups -OCH3 is 1. The minimum absolute atomic E-state index is 0.274. The van der Waals surface area contributed by atoms with Gasteiger partial charge in [-0.25, -0.2) is 4.98 Å². The van der Waals surface area contributed by atoms with Crippen molar-refractivity contribution in [2.75, 3.05) is 38.3 Å². The maximum Gasteiger partial charge on any atom is 0.185 e. The summed E-state index contributed by atoms with van der Waals surface area (Å²) in [5.41, 5.74) is 1.10. The Kier molecular flexibility index (Phi) is 5.57. The molecule has 2 unspecified atom stereocenters. The second-order valence-corrected chi connectivity index (χ2v) is 5.79. The zero-order valence-corrected chi connectivity index (χ0v) is 12.7. The van der Waals surface area contributed by atoms with Crippen LogP contribution in [0.15, 0.2) is 5.38 Å². The minimum atomic E-state index is 0.274. The first kappa shape index (κ1) is 14.7. The van der Waals surface area contributed by atoms with Crippen molar-refractivity contribution in [2.24, 2.45) is 0 Å². The Hall–Kier alpha value is -0.690. The third-order valence-electron chi connectivity index (χ3n) is 3.02. The maximum atomic E-state index is 5.75. The molecule has 1 saturated heterocycles. The topological polar surface area (TPSA) is 46.6 Å². The lowest BCUT2D eigenvalue weighted by molar-refractivity contribution is -0.00523. The van der Waals surface area contributed by atoms with Crippen LogP contribution >= 0.6 is 11.3 Å². The first-order valence-corrected chi connectivity index (χ1v) is 7.61. The number of morpholine rings is 1. The monoisotopic (exact) mass is 285 g/mol. The Balaban J connectivity index is 1.85. The minimum Gasteiger partial charge on any atom is -0.383 e. The van der Waals surface area contributed by atoms with Crippen LogP contribution in [0.25, 0.3) is 0 Å². The molecular weight excluding hydrogens is 262 g/mol. The lowest BCUT2D eigenvalue weighted by Crippen LogP contribution is -2.45. The van der Waals surface area contributed by atoms with Gasteiger partial charge in [-0.3, -0.25) is 0 Å². The molecule has 0 spiro atoms. The summed E-state index contributed by atoms with van der Waals surface area (Å²) in [7, 11) is 1.71. The molecule has 0 saturated carbocycles. The van der Waals surface area contributed by atoms with E-state index in [0.29, 0.717) is 0 Å². The van der Waals surface area contributed by atoms with E-state index in [1.54, 1.807) is 18.4 Å². The van der Waals surface area contributed by atoms with E-state index in [0.717, 1.165) is 43.6 Å². The Morgan fingerprint density at radius 3 is 2.89 bits per heavy atom. The van der Waals surface area contributed by atoms with Crippen molar-refractivity contribution in [1.82, 2.24) is 10.3 Å². The lowest BCUT2D eigenvalue weighted by Gasteiger charge is -2.35. The van der Waals surface area contributed by atoms with Crippen LogP contribution in [0, 0.1) is 0 Å². The molecule has 1 aliphatic heterocycles. The molecule has 0 amide bonds. The van der Waals surface area contributed by atoms with Crippen LogP contribution in [0.4, 0.5) is 5.13 Å². The fourth-order valence-corrected chi connectivity index (χ4v) is 3.09. The fourth-order valence-electron chi connectivity index (χ4n) is 2.25. The summed E-state index contributed by atoms with van der Waals surface area (Å²) in [6.07, 6.45) is 0.548. The van der Waals surface area contributed by atoms with Crippen molar-refractivity contribution in [1.29, 1.82) is 0 Å². The highest BCUT2D eigenvalue weighted by Crippen LogP contribution is 2.24. The summed E-state index contributed by atoms with van der Waals surface area (Å²) in [5.74, 6) is 0. The van der Waals surface area contributed by atoms with Gasteiger partial charge in [0.1, 0.15) is 0 Å². The molecule has 0 bridgehead atoms. The van der Waals surface area contributed by atoms with E-state index in [4.69, 9.17) is 9.47 Å². The lowest BCUT2D eigenvalue weighted by atomic mass is 10.2. The Morgan fingerprint density at radius 2 is 2.21 bits per heavy atom. The van der Waals surface area contributed by atoms with Crippen LogP contribution in [0.3, 0.4) is 0 Å². The number of aromatic nitrogens is 1. The van der Waals surface area contributed by atoms with Crippen molar-refractivity contribution < 1.29 is 9.47 Å². The van der Waals surface area contributed by atoms with Crippen LogP contribution in [-0.2, 0) is 16.0 Å². The molecule has 1 aliphatic rings. The first-order chi connectivity index (χ1) is 9.19. The standard InChI is InChI=1S/C13H23N3O2S/c1-10-7-16(8-11(2)18-10)13-15-12(9-19-13)6-14-4-5-17-3/h9-11,14H,4-8H2,1-3H3. The SMILES string of the molecule is COCCNCc1csc(N2CC(C)OC(C)C2)n1. The highest BCUT2D eigenvalue weighted by atomic mass is 32.1. The van der Waals surface area contributed by atoms with Crippen molar-refractivity contribution in [2.45, 2.75) is 32.6 Å². The molecule has 1 fully saturated rings. The van der Waals surface area contributed by atoms with Crippen LogP contribution in [0.5, 0.6) is 0 Å². The smallest absolute Gasteiger partial charge is 0.185 e. The van der Waals surface area contributed by atoms with E-state index in [-0.39, 0.29) is 12.2 Å². The number of ether oxygens (including phenoxy) is 2. The van der Waals surface area contributed by atoms with Gasteiger partial charge >= 0.3 is 0 Å². The molecule has 1 aromatic heterocycles. The highest BCUT2D eigenvalue weighted by Gasteiger charge is 2.24. The van der Waals surface area contributed by atoms with Crippen molar-refractivity contribution >= 4 is 16.5 Å². The average Bonchev–Trinajstić information content (AvgIpc) is 2.82. The van der Waals surface area contributed by atoms with Gasteiger partial charge in [0.25, 0.3) is 0 Å². The molecule has 5 nitrogen and oxygen atoms in total. The molecule has 0 aromatic carbocycles. The average molecular weight is 285 g/mol. The number of anilines is 1. The van der Waals surface area contributed by atoms with Gasteiger partial charge in [-0.05, 0) is 13.8 Å². The zero-order valence-electron chi connectivity index (χ0n) is 11.9. The molecule has 0 aliphatic carbocycles. The number of hydrogen-bond donors (Lipinski definition) is 1. The van der Waals surface area contributed by atoms with Gasteiger partial charge < -0.3 is 19.7 Å². The number of thiazole rings is 1. The summed E-state index contributed by atoms with van der Waals surface area (Å²) < 4.78 is 10.7. The van der Waals surface area contributed by atoms with Gasteiger partial charge in [0.05, 0.1) is 24.5 Å². The molecule has 2 atom stereocenters. The molecule has 2 heterocycles. The number of rotatable bonds is 6. The number of hydrogen-bond acceptors (Lipinski definition) is 6. The molecule has 6 heteroatoms. The third kappa shape index (κ3) is 4.42. The van der Waals surface area contributed by atoms with E-state index in [1.165, 1.54) is 0 Å². The largest absolute Gasteiger partial charge is 0.383 e. The van der Waals surface area contributed by atoms with Crippen LogP contribution in [0.1, 0.15) is 19.5 Å². The third-order valence-corrected chi connectivity index (χ3v) is 3.97. The van der Waals surface area contributed by atoms with Crippen molar-refractivity contribution in [3.8, 4) is 0 Å². The van der Waals surface area contributed by atoms with Crippen LogP contribution in [0.2, 0.25) is 0 Å². The quantitative estimate of drug-likeness (QED) is 0.803. The Labute approximate surface area is 118 Å². The second-order valence-electron chi connectivity index (χ2n) is 4.95. The first-order valence-electron chi connectivity index (χ1n) is 6.73. The predicted octanol–water partition coefficient (Wildman–Crippen LogP) is 1.49. The summed E-state index contributed by atoms with van der Waals surface area (Å²) in [6.45, 7) is 8.47. The molecule has 1 N–H and O–H groups in total. The van der Waals surface area contributed by atoms with Crippen LogP contribution < -0.4 is 10.2 Å². The number of nitrogens with zero attached hydrogens (tertiary/aromatic N) is 2. The summed E-state index contributed by atoms with van der Waals surface area (Å²) in [5, 5.41) is 6.54. The zero-order chi connectivity index (χ0) is 13.7. The summed E-state index contributed by atoms with van der Waals surface area (Å²) >= 11 is 1.71. The summed E-state index contributed by atoms with van der Waals surface area (Å²) in [4.78, 5) is 7.01. The van der Waals surface area contributed by atoms with E-state index in [2.05, 4.69) is 34.4 Å². The van der Waals surface area contributed by atoms with E-state index >= 15 is 0 Å². The molecule has 0 radical (unpaired) electrons. The van der Waals surface area contributed by atoms with Gasteiger partial charge in [0.15, 0.2) is 5.13 Å². The second kappa shape index (κ2) is 7.19. The Bertz CT molecular complexity index is 376. The van der Waals surface area contributed by atoms with E-state index in [1.807, 2.05) is 0 Å². The summed E-state index contributed by atoms with van der Waals surface area (Å²) in [6, 6.07) is 0. The van der Waals surface area contributed by atoms with Gasteiger partial charge in [-0.1, -0.05) is 0 Å². The van der Waals surface area contributed by atoms with Crippen molar-refractivity contribution in [3.63, 3.8) is 0 Å². The van der Waals surface area contributed by atoms with Gasteiger partial charge in [-0.15, -0.1) is 11.3 Å². The van der Waals surface area contributed by atoms with Gasteiger partial charge in [0, 0.05) is 38.7 Å². The molecule has 2 rings (SSSR count). The van der Waals surface area contributed by atoms with Crippen molar-refractivity contribution in [3.05, 3.63) is 11.1 Å². The fraction of sp³-hybridized carbons (Fsp3) is 0.769. The van der Waals surface area contributed by atoms with Crippen LogP contribution in [-0.4, -0.2) is 50.5 Å². The maximum absolute atomic E-state index is 5.75. The highest BCUT2D eigenvalue weighted by molar-refractivity contribution is 7.13. The normalized spacial score (nSPS) is 23.8. The van der Waals surface area contributed by atoms with E-state index in [9.17, 15) is 0 Å². The molecule has 19 heavy (non-hydrogen) atoms. The number of nitrogens with one attached hydrogen (secondary N) is 1. The molecular formula is C13H23N3O2S. The van der Waals surface area contributed by atoms with Gasteiger partial charge in [0.2, 0.25) is 0 Å². The molecule has 1 aromatic rings. The predicted molar refractivity (Wildman–Crippen MR) is 77.9 cm³/mol. The van der Waals surface area contributed by atoms with Gasteiger partial charge in [-0.2, -0.15) is 0 Å². The van der Waals surface area contributed by atoms with E-state index < -0.39 is 0 Å². The molecule has 108 valence electrons.